The number of thiazole rings is 1. The summed E-state index contributed by atoms with van der Waals surface area (Å²) >= 11 is 3.25. The molecule has 0 fully saturated rings. The predicted octanol–water partition coefficient (Wildman–Crippen LogP) is 4.77. The summed E-state index contributed by atoms with van der Waals surface area (Å²) in [4.78, 5) is 23.0. The van der Waals surface area contributed by atoms with Crippen molar-refractivity contribution in [2.75, 3.05) is 44.9 Å². The topological polar surface area (TPSA) is 45.7 Å². The summed E-state index contributed by atoms with van der Waals surface area (Å²) in [6, 6.07) is 16.1. The van der Waals surface area contributed by atoms with E-state index >= 15 is 0 Å². The minimum absolute atomic E-state index is 0.116. The first-order valence-electron chi connectivity index (χ1n) is 9.65. The van der Waals surface area contributed by atoms with Gasteiger partial charge in [0.2, 0.25) is 5.91 Å². The van der Waals surface area contributed by atoms with E-state index in [0.717, 1.165) is 39.8 Å². The summed E-state index contributed by atoms with van der Waals surface area (Å²) in [7, 11) is 5.74. The summed E-state index contributed by atoms with van der Waals surface area (Å²) in [6.07, 6.45) is 1.38. The zero-order valence-corrected chi connectivity index (χ0v) is 18.8. The summed E-state index contributed by atoms with van der Waals surface area (Å²) in [6.45, 7) is 1.59. The first-order chi connectivity index (χ1) is 14.1. The summed E-state index contributed by atoms with van der Waals surface area (Å²) in [5.74, 6) is 1.61. The van der Waals surface area contributed by atoms with Crippen molar-refractivity contribution in [2.45, 2.75) is 17.7 Å². The second-order valence-corrected chi connectivity index (χ2v) is 9.09. The van der Waals surface area contributed by atoms with Crippen LogP contribution >= 0.6 is 23.1 Å². The number of benzene rings is 2. The molecule has 154 valence electrons. The highest BCUT2D eigenvalue weighted by Gasteiger charge is 2.20. The van der Waals surface area contributed by atoms with E-state index in [1.165, 1.54) is 4.90 Å². The van der Waals surface area contributed by atoms with Crippen molar-refractivity contribution in [3.63, 3.8) is 0 Å². The van der Waals surface area contributed by atoms with Crippen LogP contribution in [0.5, 0.6) is 5.75 Å². The number of aromatic nitrogens is 1. The smallest absolute Gasteiger partial charge is 0.229 e. The van der Waals surface area contributed by atoms with E-state index in [-0.39, 0.29) is 5.91 Å². The van der Waals surface area contributed by atoms with Crippen LogP contribution in [0.15, 0.2) is 53.4 Å². The van der Waals surface area contributed by atoms with E-state index in [0.29, 0.717) is 13.0 Å². The largest absolute Gasteiger partial charge is 0.494 e. The van der Waals surface area contributed by atoms with E-state index in [2.05, 4.69) is 17.0 Å². The van der Waals surface area contributed by atoms with Gasteiger partial charge in [-0.1, -0.05) is 35.6 Å². The molecule has 0 aliphatic carbocycles. The first-order valence-corrected chi connectivity index (χ1v) is 11.4. The highest BCUT2D eigenvalue weighted by atomic mass is 32.2. The van der Waals surface area contributed by atoms with Crippen LogP contribution in [-0.2, 0) is 4.79 Å². The molecule has 0 unspecified atom stereocenters. The number of carbonyl (C=O) groups is 1. The number of fused-ring (bicyclic) bond motifs is 1. The average Bonchev–Trinajstić information content (AvgIpc) is 3.15. The molecule has 0 aliphatic rings. The summed E-state index contributed by atoms with van der Waals surface area (Å²) in [5, 5.41) is 0.748. The molecule has 0 N–H and O–H groups in total. The Labute approximate surface area is 180 Å². The molecular formula is C22H27N3O2S2. The number of para-hydroxylation sites is 1. The molecule has 1 heterocycles. The molecule has 29 heavy (non-hydrogen) atoms. The monoisotopic (exact) mass is 429 g/mol. The van der Waals surface area contributed by atoms with Crippen LogP contribution in [0, 0.1) is 0 Å². The summed E-state index contributed by atoms with van der Waals surface area (Å²) < 4.78 is 6.47. The van der Waals surface area contributed by atoms with Gasteiger partial charge < -0.3 is 9.64 Å². The van der Waals surface area contributed by atoms with E-state index in [1.807, 2.05) is 55.4 Å². The third kappa shape index (κ3) is 5.95. The molecule has 3 aromatic rings. The number of hydrogen-bond donors (Lipinski definition) is 0. The number of rotatable bonds is 10. The van der Waals surface area contributed by atoms with Gasteiger partial charge in [0.1, 0.15) is 11.3 Å². The third-order valence-electron chi connectivity index (χ3n) is 4.44. The van der Waals surface area contributed by atoms with Gasteiger partial charge in [-0.05, 0) is 51.3 Å². The number of ether oxygens (including phenoxy) is 1. The molecule has 0 aliphatic heterocycles. The van der Waals surface area contributed by atoms with Gasteiger partial charge >= 0.3 is 0 Å². The lowest BCUT2D eigenvalue weighted by atomic mass is 10.3. The number of amides is 1. The Hall–Kier alpha value is -2.09. The lowest BCUT2D eigenvalue weighted by Crippen LogP contribution is -2.33. The molecule has 1 amide bonds. The van der Waals surface area contributed by atoms with Gasteiger partial charge in [-0.3, -0.25) is 9.69 Å². The van der Waals surface area contributed by atoms with Crippen LogP contribution in [0.1, 0.15) is 12.8 Å². The van der Waals surface area contributed by atoms with Gasteiger partial charge in [-0.15, -0.1) is 11.8 Å². The van der Waals surface area contributed by atoms with Crippen LogP contribution in [0.3, 0.4) is 0 Å². The second-order valence-electron chi connectivity index (χ2n) is 6.92. The molecule has 0 atom stereocenters. The number of hydrogen-bond acceptors (Lipinski definition) is 6. The van der Waals surface area contributed by atoms with Crippen molar-refractivity contribution in [2.24, 2.45) is 0 Å². The summed E-state index contributed by atoms with van der Waals surface area (Å²) in [5.41, 5.74) is 0.819. The van der Waals surface area contributed by atoms with Crippen molar-refractivity contribution < 1.29 is 9.53 Å². The second kappa shape index (κ2) is 10.6. The van der Waals surface area contributed by atoms with Crippen molar-refractivity contribution in [1.82, 2.24) is 9.88 Å². The molecule has 0 saturated heterocycles. The van der Waals surface area contributed by atoms with Crippen molar-refractivity contribution in [3.8, 4) is 5.75 Å². The number of methoxy groups -OCH3 is 1. The number of carbonyl (C=O) groups excluding carboxylic acids is 1. The first kappa shape index (κ1) is 21.6. The van der Waals surface area contributed by atoms with E-state index < -0.39 is 0 Å². The fourth-order valence-electron chi connectivity index (χ4n) is 2.97. The number of thioether (sulfide) groups is 1. The molecule has 5 nitrogen and oxygen atoms in total. The Balaban J connectivity index is 1.73. The number of nitrogens with zero attached hydrogens (tertiary/aromatic N) is 3. The van der Waals surface area contributed by atoms with Crippen molar-refractivity contribution >= 4 is 44.4 Å². The average molecular weight is 430 g/mol. The Kier molecular flexibility index (Phi) is 7.91. The maximum atomic E-state index is 13.1. The molecule has 0 radical (unpaired) electrons. The van der Waals surface area contributed by atoms with Crippen LogP contribution in [-0.4, -0.2) is 55.8 Å². The Morgan fingerprint density at radius 3 is 2.62 bits per heavy atom. The maximum absolute atomic E-state index is 13.1. The molecule has 0 saturated carbocycles. The highest BCUT2D eigenvalue weighted by Crippen LogP contribution is 2.34. The highest BCUT2D eigenvalue weighted by molar-refractivity contribution is 7.99. The Bertz CT molecular complexity index is 928. The van der Waals surface area contributed by atoms with E-state index in [4.69, 9.17) is 9.72 Å². The molecule has 0 bridgehead atoms. The fourth-order valence-corrected chi connectivity index (χ4v) is 4.86. The van der Waals surface area contributed by atoms with Crippen LogP contribution < -0.4 is 9.64 Å². The zero-order chi connectivity index (χ0) is 20.6. The van der Waals surface area contributed by atoms with Crippen molar-refractivity contribution in [3.05, 3.63) is 48.5 Å². The maximum Gasteiger partial charge on any atom is 0.229 e. The molecule has 3 rings (SSSR count). The standard InChI is InChI=1S/C22H27N3O2S2/c1-24(2)14-8-15-25(20(26)13-16-28-17-9-5-4-6-10-17)22-23-21-18(27-3)11-7-12-19(21)29-22/h4-7,9-12H,8,13-16H2,1-3H3. The molecule has 0 spiro atoms. The Morgan fingerprint density at radius 1 is 1.10 bits per heavy atom. The van der Waals surface area contributed by atoms with Gasteiger partial charge in [-0.2, -0.15) is 0 Å². The van der Waals surface area contributed by atoms with Gasteiger partial charge in [0.15, 0.2) is 5.13 Å². The van der Waals surface area contributed by atoms with E-state index in [1.54, 1.807) is 30.2 Å². The van der Waals surface area contributed by atoms with Crippen LogP contribution in [0.25, 0.3) is 10.2 Å². The Morgan fingerprint density at radius 2 is 1.90 bits per heavy atom. The normalized spacial score (nSPS) is 11.2. The zero-order valence-electron chi connectivity index (χ0n) is 17.1. The third-order valence-corrected chi connectivity index (χ3v) is 6.49. The lowest BCUT2D eigenvalue weighted by molar-refractivity contribution is -0.118. The number of anilines is 1. The minimum Gasteiger partial charge on any atom is -0.494 e. The predicted molar refractivity (Wildman–Crippen MR) is 123 cm³/mol. The lowest BCUT2D eigenvalue weighted by Gasteiger charge is -2.21. The van der Waals surface area contributed by atoms with Crippen molar-refractivity contribution in [1.29, 1.82) is 0 Å². The molecular weight excluding hydrogens is 402 g/mol. The van der Waals surface area contributed by atoms with Crippen LogP contribution in [0.2, 0.25) is 0 Å². The minimum atomic E-state index is 0.116. The molecule has 2 aromatic carbocycles. The van der Waals surface area contributed by atoms with Gasteiger partial charge in [-0.25, -0.2) is 4.98 Å². The molecule has 1 aromatic heterocycles. The van der Waals surface area contributed by atoms with Gasteiger partial charge in [0.25, 0.3) is 0 Å². The van der Waals surface area contributed by atoms with Gasteiger partial charge in [0.05, 0.1) is 11.8 Å². The molecule has 7 heteroatoms. The fraction of sp³-hybridized carbons (Fsp3) is 0.364. The SMILES string of the molecule is COc1cccc2sc(N(CCCN(C)C)C(=O)CCSc3ccccc3)nc12. The quantitative estimate of drug-likeness (QED) is 0.434. The van der Waals surface area contributed by atoms with E-state index in [9.17, 15) is 4.79 Å². The van der Waals surface area contributed by atoms with Crippen LogP contribution in [0.4, 0.5) is 5.13 Å². The van der Waals surface area contributed by atoms with Gasteiger partial charge in [0, 0.05) is 23.6 Å².